The van der Waals surface area contributed by atoms with Crippen molar-refractivity contribution in [1.82, 2.24) is 4.90 Å². The van der Waals surface area contributed by atoms with Gasteiger partial charge in [-0.1, -0.05) is 12.1 Å². The maximum atomic E-state index is 12.7. The van der Waals surface area contributed by atoms with Crippen LogP contribution in [0, 0.1) is 0 Å². The second kappa shape index (κ2) is 8.64. The maximum Gasteiger partial charge on any atom is 0.254 e. The molecule has 0 saturated heterocycles. The molecule has 0 N–H and O–H groups in total. The molecule has 128 valence electrons. The largest absolute Gasteiger partial charge is 0.493 e. The quantitative estimate of drug-likeness (QED) is 0.709. The van der Waals surface area contributed by atoms with Crippen LogP contribution in [-0.2, 0) is 6.54 Å². The zero-order valence-electron chi connectivity index (χ0n) is 14.5. The third-order valence-electron chi connectivity index (χ3n) is 3.64. The molecule has 0 aromatic heterocycles. The van der Waals surface area contributed by atoms with Gasteiger partial charge in [-0.15, -0.1) is 11.8 Å². The number of amides is 1. The highest BCUT2D eigenvalue weighted by molar-refractivity contribution is 7.98. The van der Waals surface area contributed by atoms with Crippen LogP contribution in [0.25, 0.3) is 0 Å². The molecule has 0 radical (unpaired) electrons. The number of carbonyl (C=O) groups excluding carboxylic acids is 1. The number of carbonyl (C=O) groups is 1. The van der Waals surface area contributed by atoms with Gasteiger partial charge in [0.2, 0.25) is 0 Å². The molecule has 4 nitrogen and oxygen atoms in total. The Bertz CT molecular complexity index is 686. The van der Waals surface area contributed by atoms with Crippen molar-refractivity contribution in [3.8, 4) is 11.5 Å². The Morgan fingerprint density at radius 3 is 2.42 bits per heavy atom. The molecule has 0 aliphatic rings. The van der Waals surface area contributed by atoms with Crippen molar-refractivity contribution in [1.29, 1.82) is 0 Å². The second-order valence-electron chi connectivity index (χ2n) is 5.31. The molecule has 0 atom stereocenters. The lowest BCUT2D eigenvalue weighted by Gasteiger charge is -2.18. The summed E-state index contributed by atoms with van der Waals surface area (Å²) < 4.78 is 10.8. The van der Waals surface area contributed by atoms with Crippen LogP contribution in [-0.4, -0.2) is 37.8 Å². The van der Waals surface area contributed by atoms with E-state index in [1.807, 2.05) is 13.2 Å². The van der Waals surface area contributed by atoms with Crippen LogP contribution in [0.5, 0.6) is 11.5 Å². The van der Waals surface area contributed by atoms with Gasteiger partial charge in [0.1, 0.15) is 0 Å². The van der Waals surface area contributed by atoms with Crippen LogP contribution in [0.3, 0.4) is 0 Å². The third kappa shape index (κ3) is 4.45. The molecule has 2 aromatic carbocycles. The lowest BCUT2D eigenvalue weighted by Crippen LogP contribution is -2.26. The zero-order valence-corrected chi connectivity index (χ0v) is 15.4. The van der Waals surface area contributed by atoms with Crippen LogP contribution < -0.4 is 9.47 Å². The van der Waals surface area contributed by atoms with Crippen molar-refractivity contribution in [3.63, 3.8) is 0 Å². The van der Waals surface area contributed by atoms with Gasteiger partial charge in [0.15, 0.2) is 11.5 Å². The van der Waals surface area contributed by atoms with Crippen LogP contribution >= 0.6 is 11.8 Å². The Balaban J connectivity index is 2.13. The van der Waals surface area contributed by atoms with Gasteiger partial charge in [-0.3, -0.25) is 4.79 Å². The van der Waals surface area contributed by atoms with E-state index in [1.165, 1.54) is 4.90 Å². The van der Waals surface area contributed by atoms with Gasteiger partial charge in [0, 0.05) is 24.1 Å². The van der Waals surface area contributed by atoms with Crippen molar-refractivity contribution in [2.45, 2.75) is 18.4 Å². The molecule has 5 heteroatoms. The Morgan fingerprint density at radius 2 is 1.83 bits per heavy atom. The molecule has 0 spiro atoms. The van der Waals surface area contributed by atoms with Crippen LogP contribution in [0.2, 0.25) is 0 Å². The number of nitrogens with zero attached hydrogens (tertiary/aromatic N) is 1. The molecule has 0 aliphatic heterocycles. The molecule has 2 rings (SSSR count). The van der Waals surface area contributed by atoms with Gasteiger partial charge in [-0.25, -0.2) is 0 Å². The molecule has 0 bridgehead atoms. The lowest BCUT2D eigenvalue weighted by molar-refractivity contribution is 0.0784. The first-order valence-electron chi connectivity index (χ1n) is 7.78. The summed E-state index contributed by atoms with van der Waals surface area (Å²) in [5, 5.41) is 0. The fourth-order valence-electron chi connectivity index (χ4n) is 2.38. The van der Waals surface area contributed by atoms with E-state index in [9.17, 15) is 4.79 Å². The molecule has 24 heavy (non-hydrogen) atoms. The van der Waals surface area contributed by atoms with Crippen LogP contribution in [0.15, 0.2) is 47.4 Å². The van der Waals surface area contributed by atoms with Crippen molar-refractivity contribution in [2.75, 3.05) is 27.0 Å². The minimum Gasteiger partial charge on any atom is -0.493 e. The van der Waals surface area contributed by atoms with Gasteiger partial charge in [-0.2, -0.15) is 0 Å². The molecule has 0 heterocycles. The van der Waals surface area contributed by atoms with E-state index in [-0.39, 0.29) is 5.91 Å². The maximum absolute atomic E-state index is 12.7. The van der Waals surface area contributed by atoms with E-state index in [4.69, 9.17) is 9.47 Å². The molecule has 0 saturated carbocycles. The van der Waals surface area contributed by atoms with Gasteiger partial charge in [0.25, 0.3) is 5.91 Å². The summed E-state index contributed by atoms with van der Waals surface area (Å²) in [7, 11) is 3.39. The lowest BCUT2D eigenvalue weighted by atomic mass is 10.1. The minimum absolute atomic E-state index is 0.0486. The van der Waals surface area contributed by atoms with E-state index < -0.39 is 0 Å². The Labute approximate surface area is 147 Å². The summed E-state index contributed by atoms with van der Waals surface area (Å²) >= 11 is 1.70. The number of rotatable bonds is 7. The highest BCUT2D eigenvalue weighted by Crippen LogP contribution is 2.28. The first-order chi connectivity index (χ1) is 11.6. The molecule has 0 unspecified atom stereocenters. The zero-order chi connectivity index (χ0) is 17.5. The minimum atomic E-state index is -0.0486. The summed E-state index contributed by atoms with van der Waals surface area (Å²) in [5.41, 5.74) is 1.68. The fourth-order valence-corrected chi connectivity index (χ4v) is 2.78. The second-order valence-corrected chi connectivity index (χ2v) is 6.19. The van der Waals surface area contributed by atoms with Gasteiger partial charge < -0.3 is 14.4 Å². The third-order valence-corrected chi connectivity index (χ3v) is 4.38. The number of thioether (sulfide) groups is 1. The summed E-state index contributed by atoms with van der Waals surface area (Å²) in [5.74, 6) is 1.17. The van der Waals surface area contributed by atoms with E-state index in [1.54, 1.807) is 49.0 Å². The highest BCUT2D eigenvalue weighted by atomic mass is 32.2. The average molecular weight is 345 g/mol. The SMILES string of the molecule is CCOc1cc(C(=O)N(C)Cc2ccc(SC)cc2)ccc1OC. The van der Waals surface area contributed by atoms with E-state index in [2.05, 4.69) is 24.3 Å². The predicted molar refractivity (Wildman–Crippen MR) is 98.2 cm³/mol. The monoisotopic (exact) mass is 345 g/mol. The smallest absolute Gasteiger partial charge is 0.254 e. The molecule has 0 fully saturated rings. The highest BCUT2D eigenvalue weighted by Gasteiger charge is 2.15. The van der Waals surface area contributed by atoms with Gasteiger partial charge in [0.05, 0.1) is 13.7 Å². The Morgan fingerprint density at radius 1 is 1.12 bits per heavy atom. The summed E-state index contributed by atoms with van der Waals surface area (Å²) in [6, 6.07) is 13.5. The summed E-state index contributed by atoms with van der Waals surface area (Å²) in [6.07, 6.45) is 2.05. The molecule has 2 aromatic rings. The van der Waals surface area contributed by atoms with Gasteiger partial charge in [-0.05, 0) is 49.1 Å². The van der Waals surface area contributed by atoms with Crippen LogP contribution in [0.1, 0.15) is 22.8 Å². The Kier molecular flexibility index (Phi) is 6.55. The first kappa shape index (κ1) is 18.2. The number of methoxy groups -OCH3 is 1. The molecular formula is C19H23NO3S. The van der Waals surface area contributed by atoms with Crippen LogP contribution in [0.4, 0.5) is 0 Å². The standard InChI is InChI=1S/C19H23NO3S/c1-5-23-18-12-15(8-11-17(18)22-3)19(21)20(2)13-14-6-9-16(24-4)10-7-14/h6-12H,5,13H2,1-4H3. The van der Waals surface area contributed by atoms with Gasteiger partial charge >= 0.3 is 0 Å². The van der Waals surface area contributed by atoms with E-state index >= 15 is 0 Å². The average Bonchev–Trinajstić information content (AvgIpc) is 2.62. The molecule has 1 amide bonds. The number of benzene rings is 2. The predicted octanol–water partition coefficient (Wildman–Crippen LogP) is 4.09. The fraction of sp³-hybridized carbons (Fsp3) is 0.316. The summed E-state index contributed by atoms with van der Waals surface area (Å²) in [6.45, 7) is 2.98. The number of ether oxygens (including phenoxy) is 2. The van der Waals surface area contributed by atoms with Crippen molar-refractivity contribution < 1.29 is 14.3 Å². The summed E-state index contributed by atoms with van der Waals surface area (Å²) in [4.78, 5) is 15.6. The van der Waals surface area contributed by atoms with E-state index in [0.29, 0.717) is 30.2 Å². The topological polar surface area (TPSA) is 38.8 Å². The van der Waals surface area contributed by atoms with Crippen molar-refractivity contribution >= 4 is 17.7 Å². The van der Waals surface area contributed by atoms with E-state index in [0.717, 1.165) is 5.56 Å². The normalized spacial score (nSPS) is 10.3. The van der Waals surface area contributed by atoms with Crippen molar-refractivity contribution in [2.24, 2.45) is 0 Å². The first-order valence-corrected chi connectivity index (χ1v) is 9.00. The number of hydrogen-bond donors (Lipinski definition) is 0. The molecule has 0 aliphatic carbocycles. The molecular weight excluding hydrogens is 322 g/mol. The Hall–Kier alpha value is -2.14. The van der Waals surface area contributed by atoms with Crippen molar-refractivity contribution in [3.05, 3.63) is 53.6 Å². The number of hydrogen-bond acceptors (Lipinski definition) is 4.